The second-order valence-electron chi connectivity index (χ2n) is 3.39. The summed E-state index contributed by atoms with van der Waals surface area (Å²) in [4.78, 5) is 15.0. The Balaban J connectivity index is 2.01. The number of hydrogen-bond donors (Lipinski definition) is 1. The third-order valence-electron chi connectivity index (χ3n) is 2.06. The zero-order valence-electron chi connectivity index (χ0n) is 8.89. The van der Waals surface area contributed by atoms with E-state index in [1.54, 1.807) is 11.8 Å². The van der Waals surface area contributed by atoms with Crippen LogP contribution >= 0.6 is 23.5 Å². The van der Waals surface area contributed by atoms with E-state index in [-0.39, 0.29) is 18.2 Å². The maximum atomic E-state index is 11.2. The maximum Gasteiger partial charge on any atom is 0.255 e. The summed E-state index contributed by atoms with van der Waals surface area (Å²) in [6.45, 7) is 2.14. The quantitative estimate of drug-likeness (QED) is 0.785. The number of thioether (sulfide) groups is 2. The van der Waals surface area contributed by atoms with Crippen molar-refractivity contribution in [2.75, 3.05) is 5.75 Å². The van der Waals surface area contributed by atoms with Crippen molar-refractivity contribution in [3.63, 3.8) is 0 Å². The number of unbranched alkanes of at least 4 members (excludes halogenated alkanes) is 1. The molecule has 16 heavy (non-hydrogen) atoms. The van der Waals surface area contributed by atoms with Crippen LogP contribution in [0.5, 0.6) is 0 Å². The van der Waals surface area contributed by atoms with Crippen LogP contribution in [-0.4, -0.2) is 32.0 Å². The number of amidine groups is 2. The molecule has 0 saturated heterocycles. The van der Waals surface area contributed by atoms with Crippen LogP contribution in [0.3, 0.4) is 0 Å². The molecule has 0 saturated carbocycles. The van der Waals surface area contributed by atoms with Crippen LogP contribution in [0.2, 0.25) is 0 Å². The number of hydrazone groups is 1. The van der Waals surface area contributed by atoms with E-state index in [0.717, 1.165) is 23.0 Å². The molecule has 1 amide bonds. The summed E-state index contributed by atoms with van der Waals surface area (Å²) >= 11 is 3.04. The van der Waals surface area contributed by atoms with E-state index in [1.807, 2.05) is 0 Å². The van der Waals surface area contributed by atoms with Gasteiger partial charge >= 0.3 is 0 Å². The molecule has 0 atom stereocenters. The molecule has 2 rings (SSSR count). The van der Waals surface area contributed by atoms with Crippen LogP contribution in [0.1, 0.15) is 26.2 Å². The molecule has 2 aliphatic rings. The van der Waals surface area contributed by atoms with Crippen molar-refractivity contribution in [2.24, 2.45) is 10.1 Å². The number of rotatable bonds is 3. The van der Waals surface area contributed by atoms with Gasteiger partial charge in [-0.1, -0.05) is 25.1 Å². The highest BCUT2D eigenvalue weighted by molar-refractivity contribution is 8.45. The van der Waals surface area contributed by atoms with E-state index in [9.17, 15) is 4.79 Å². The summed E-state index contributed by atoms with van der Waals surface area (Å²) in [5.41, 5.74) is 0. The highest BCUT2D eigenvalue weighted by Gasteiger charge is 2.31. The monoisotopic (exact) mass is 256 g/mol. The first-order valence-corrected chi connectivity index (χ1v) is 6.89. The largest absolute Gasteiger partial charge is 0.286 e. The lowest BCUT2D eigenvalue weighted by molar-refractivity contribution is -0.117. The first-order valence-electron chi connectivity index (χ1n) is 5.09. The predicted molar refractivity (Wildman–Crippen MR) is 69.0 cm³/mol. The molecule has 0 aliphatic carbocycles. The van der Waals surface area contributed by atoms with Gasteiger partial charge in [0, 0.05) is 5.75 Å². The highest BCUT2D eigenvalue weighted by atomic mass is 32.2. The predicted octanol–water partition coefficient (Wildman–Crippen LogP) is 2.10. The van der Waals surface area contributed by atoms with Crippen LogP contribution in [0.15, 0.2) is 10.1 Å². The molecule has 0 bridgehead atoms. The molecular formula is C9H12N4OS2. The lowest BCUT2D eigenvalue weighted by atomic mass is 10.3. The lowest BCUT2D eigenvalue weighted by Gasteiger charge is -2.17. The molecule has 0 aromatic heterocycles. The Morgan fingerprint density at radius 2 is 2.44 bits per heavy atom. The van der Waals surface area contributed by atoms with Crippen LogP contribution in [-0.2, 0) is 4.79 Å². The molecule has 7 heteroatoms. The van der Waals surface area contributed by atoms with Crippen molar-refractivity contribution in [1.82, 2.24) is 5.01 Å². The molecule has 0 fully saturated rings. The van der Waals surface area contributed by atoms with Gasteiger partial charge in [-0.15, -0.1) is 0 Å². The fraction of sp³-hybridized carbons (Fsp3) is 0.556. The molecule has 0 radical (unpaired) electrons. The SMILES string of the molecule is CCCCSC1=NN2C(=N)CC(=O)N=C2S1. The second-order valence-corrected chi connectivity index (χ2v) is 5.69. The van der Waals surface area contributed by atoms with Gasteiger partial charge in [0.05, 0.1) is 6.42 Å². The molecule has 5 nitrogen and oxygen atoms in total. The normalized spacial score (nSPS) is 19.7. The van der Waals surface area contributed by atoms with Crippen molar-refractivity contribution in [3.05, 3.63) is 0 Å². The minimum atomic E-state index is -0.251. The fourth-order valence-electron chi connectivity index (χ4n) is 1.24. The Morgan fingerprint density at radius 3 is 3.19 bits per heavy atom. The van der Waals surface area contributed by atoms with Gasteiger partial charge < -0.3 is 0 Å². The summed E-state index contributed by atoms with van der Waals surface area (Å²) in [5, 5.41) is 13.9. The zero-order chi connectivity index (χ0) is 11.5. The number of amides is 1. The smallest absolute Gasteiger partial charge is 0.255 e. The summed E-state index contributed by atoms with van der Waals surface area (Å²) in [6, 6.07) is 0. The standard InChI is InChI=1S/C9H12N4OS2/c1-2-3-4-15-9-12-13-6(10)5-7(14)11-8(13)16-9/h10H,2-5H2,1H3. The highest BCUT2D eigenvalue weighted by Crippen LogP contribution is 2.30. The van der Waals surface area contributed by atoms with E-state index in [2.05, 4.69) is 17.0 Å². The topological polar surface area (TPSA) is 68.9 Å². The van der Waals surface area contributed by atoms with Gasteiger partial charge in [0.25, 0.3) is 5.91 Å². The molecule has 0 spiro atoms. The Kier molecular flexibility index (Phi) is 3.65. The van der Waals surface area contributed by atoms with Gasteiger partial charge in [0.15, 0.2) is 4.38 Å². The molecule has 2 heterocycles. The molecular weight excluding hydrogens is 244 g/mol. The number of aliphatic imine (C=N–C) groups is 1. The summed E-state index contributed by atoms with van der Waals surface area (Å²) in [6.07, 6.45) is 2.36. The average molecular weight is 256 g/mol. The van der Waals surface area contributed by atoms with E-state index in [4.69, 9.17) is 5.41 Å². The lowest BCUT2D eigenvalue weighted by Crippen LogP contribution is -2.33. The molecule has 0 aromatic carbocycles. The Morgan fingerprint density at radius 1 is 1.62 bits per heavy atom. The third kappa shape index (κ3) is 2.46. The first kappa shape index (κ1) is 11.7. The van der Waals surface area contributed by atoms with E-state index in [0.29, 0.717) is 5.17 Å². The minimum Gasteiger partial charge on any atom is -0.286 e. The van der Waals surface area contributed by atoms with Gasteiger partial charge in [-0.2, -0.15) is 15.1 Å². The number of carbonyl (C=O) groups excluding carboxylic acids is 1. The summed E-state index contributed by atoms with van der Waals surface area (Å²) < 4.78 is 0.881. The maximum absolute atomic E-state index is 11.2. The molecule has 2 aliphatic heterocycles. The van der Waals surface area contributed by atoms with Crippen LogP contribution in [0, 0.1) is 5.41 Å². The average Bonchev–Trinajstić information content (AvgIpc) is 2.61. The fourth-order valence-corrected chi connectivity index (χ4v) is 3.36. The van der Waals surface area contributed by atoms with Crippen molar-refractivity contribution >= 4 is 44.8 Å². The van der Waals surface area contributed by atoms with E-state index >= 15 is 0 Å². The van der Waals surface area contributed by atoms with Gasteiger partial charge in [-0.05, 0) is 18.2 Å². The molecule has 0 unspecified atom stereocenters. The van der Waals surface area contributed by atoms with Crippen molar-refractivity contribution in [3.8, 4) is 0 Å². The van der Waals surface area contributed by atoms with Crippen LogP contribution in [0.4, 0.5) is 0 Å². The Hall–Kier alpha value is -0.820. The van der Waals surface area contributed by atoms with Crippen LogP contribution in [0.25, 0.3) is 0 Å². The summed E-state index contributed by atoms with van der Waals surface area (Å²) in [7, 11) is 0. The Bertz CT molecular complexity index is 391. The second kappa shape index (κ2) is 5.01. The molecule has 1 N–H and O–H groups in total. The zero-order valence-corrected chi connectivity index (χ0v) is 10.5. The number of fused-ring (bicyclic) bond motifs is 1. The number of hydrogen-bond acceptors (Lipinski definition) is 5. The van der Waals surface area contributed by atoms with Crippen LogP contribution < -0.4 is 0 Å². The third-order valence-corrected chi connectivity index (χ3v) is 4.19. The molecule has 86 valence electrons. The van der Waals surface area contributed by atoms with E-state index in [1.165, 1.54) is 16.8 Å². The number of nitrogens with one attached hydrogen (secondary N) is 1. The van der Waals surface area contributed by atoms with Gasteiger partial charge in [-0.25, -0.2) is 0 Å². The number of carbonyl (C=O) groups is 1. The van der Waals surface area contributed by atoms with Crippen molar-refractivity contribution < 1.29 is 4.79 Å². The van der Waals surface area contributed by atoms with Crippen molar-refractivity contribution in [1.29, 1.82) is 5.41 Å². The van der Waals surface area contributed by atoms with Gasteiger partial charge in [0.2, 0.25) is 5.17 Å². The summed E-state index contributed by atoms with van der Waals surface area (Å²) in [5.74, 6) is 0.984. The number of nitrogens with zero attached hydrogens (tertiary/aromatic N) is 3. The van der Waals surface area contributed by atoms with Gasteiger partial charge in [-0.3, -0.25) is 10.2 Å². The van der Waals surface area contributed by atoms with Crippen molar-refractivity contribution in [2.45, 2.75) is 26.2 Å². The van der Waals surface area contributed by atoms with E-state index < -0.39 is 0 Å². The Labute approximate surface area is 102 Å². The minimum absolute atomic E-state index is 0.0560. The van der Waals surface area contributed by atoms with Gasteiger partial charge in [0.1, 0.15) is 5.84 Å². The molecule has 0 aromatic rings. The first-order chi connectivity index (χ1) is 7.70.